The van der Waals surface area contributed by atoms with Crippen LogP contribution in [0.15, 0.2) is 164 Å². The van der Waals surface area contributed by atoms with Crippen molar-refractivity contribution in [3.63, 3.8) is 0 Å². The van der Waals surface area contributed by atoms with E-state index >= 15 is 0 Å². The molecule has 8 rings (SSSR count). The number of methoxy groups -OCH3 is 1. The molecule has 0 aliphatic heterocycles. The Balaban J connectivity index is 1.36. The minimum atomic E-state index is 0.827. The van der Waals surface area contributed by atoms with Crippen molar-refractivity contribution >= 4 is 51.1 Å². The first kappa shape index (κ1) is 38.9. The smallest absolute Gasteiger partial charge is 0.119 e. The summed E-state index contributed by atoms with van der Waals surface area (Å²) < 4.78 is 5.69. The third-order valence-electron chi connectivity index (χ3n) is 11.2. The first-order valence-electron chi connectivity index (χ1n) is 20.3. The highest BCUT2D eigenvalue weighted by molar-refractivity contribution is 6.05. The molecule has 7 aromatic carbocycles. The minimum absolute atomic E-state index is 0.827. The molecule has 3 nitrogen and oxygen atoms in total. The molecule has 0 radical (unpaired) electrons. The van der Waals surface area contributed by atoms with Crippen molar-refractivity contribution in [2.45, 2.75) is 41.5 Å². The van der Waals surface area contributed by atoms with Crippen LogP contribution in [0.3, 0.4) is 0 Å². The minimum Gasteiger partial charge on any atom is -0.497 e. The number of nitrogens with zero attached hydrogens (tertiary/aromatic N) is 2. The maximum Gasteiger partial charge on any atom is 0.119 e. The molecule has 0 bridgehead atoms. The monoisotopic (exact) mass is 766 g/mol. The molecule has 0 N–H and O–H groups in total. The van der Waals surface area contributed by atoms with E-state index in [0.29, 0.717) is 0 Å². The van der Waals surface area contributed by atoms with Crippen LogP contribution in [0.4, 0.5) is 17.1 Å². The van der Waals surface area contributed by atoms with Gasteiger partial charge in [-0.3, -0.25) is 4.98 Å². The normalized spacial score (nSPS) is 11.4. The van der Waals surface area contributed by atoms with E-state index in [1.807, 2.05) is 0 Å². The number of hydrogen-bond acceptors (Lipinski definition) is 3. The number of aromatic nitrogens is 1. The summed E-state index contributed by atoms with van der Waals surface area (Å²) in [5.41, 5.74) is 19.2. The zero-order chi connectivity index (χ0) is 41.0. The fourth-order valence-corrected chi connectivity index (χ4v) is 7.85. The number of rotatable bonds is 10. The molecule has 0 amide bonds. The Morgan fingerprint density at radius 3 is 1.73 bits per heavy atom. The van der Waals surface area contributed by atoms with Crippen molar-refractivity contribution in [1.29, 1.82) is 0 Å². The zero-order valence-corrected chi connectivity index (χ0v) is 35.0. The number of ether oxygens (including phenoxy) is 1. The highest BCUT2D eigenvalue weighted by atomic mass is 16.5. The van der Waals surface area contributed by atoms with Crippen LogP contribution in [-0.2, 0) is 0 Å². The van der Waals surface area contributed by atoms with Gasteiger partial charge in [-0.15, -0.1) is 0 Å². The standard InChI is InChI=1S/C56H50N2O/c1-37-15-21-43(22-16-37)40(4)33-46-28-31-56(51-13-9-8-12-50(46)51)58(55-32-30-49(59-7)34-41(55)5)48-29-27-47(53(36-48)54-14-10-11-42(6)57-54)35-52(44-23-17-38(2)18-24-44)45-25-19-39(3)20-26-45/h8-36H,1-7H3/b40-33-. The molecule has 290 valence electrons. The first-order valence-corrected chi connectivity index (χ1v) is 20.3. The van der Waals surface area contributed by atoms with E-state index in [4.69, 9.17) is 9.72 Å². The van der Waals surface area contributed by atoms with Gasteiger partial charge in [-0.1, -0.05) is 138 Å². The summed E-state index contributed by atoms with van der Waals surface area (Å²) in [5, 5.41) is 2.35. The first-order chi connectivity index (χ1) is 28.6. The van der Waals surface area contributed by atoms with Gasteiger partial charge in [0.05, 0.1) is 18.5 Å². The van der Waals surface area contributed by atoms with Crippen LogP contribution in [0, 0.1) is 34.6 Å². The van der Waals surface area contributed by atoms with E-state index in [1.165, 1.54) is 49.9 Å². The number of fused-ring (bicyclic) bond motifs is 1. The lowest BCUT2D eigenvalue weighted by Gasteiger charge is -2.29. The second kappa shape index (κ2) is 16.9. The quantitative estimate of drug-likeness (QED) is 0.130. The van der Waals surface area contributed by atoms with Crippen molar-refractivity contribution < 1.29 is 4.74 Å². The number of anilines is 3. The Hall–Kier alpha value is -6.97. The molecule has 59 heavy (non-hydrogen) atoms. The van der Waals surface area contributed by atoms with Gasteiger partial charge in [0.25, 0.3) is 0 Å². The fraction of sp³-hybridized carbons (Fsp3) is 0.125. The number of benzene rings is 7. The van der Waals surface area contributed by atoms with Gasteiger partial charge >= 0.3 is 0 Å². The lowest BCUT2D eigenvalue weighted by molar-refractivity contribution is 0.414. The van der Waals surface area contributed by atoms with Crippen molar-refractivity contribution in [2.24, 2.45) is 0 Å². The predicted molar refractivity (Wildman–Crippen MR) is 252 cm³/mol. The molecule has 8 aromatic rings. The van der Waals surface area contributed by atoms with Crippen LogP contribution in [-0.4, -0.2) is 12.1 Å². The summed E-state index contributed by atoms with van der Waals surface area (Å²) in [5.74, 6) is 0.827. The van der Waals surface area contributed by atoms with Crippen LogP contribution in [0.2, 0.25) is 0 Å². The molecule has 0 spiro atoms. The van der Waals surface area contributed by atoms with E-state index in [2.05, 4.69) is 222 Å². The van der Waals surface area contributed by atoms with Gasteiger partial charge in [0.15, 0.2) is 0 Å². The van der Waals surface area contributed by atoms with Gasteiger partial charge in [0.1, 0.15) is 5.75 Å². The molecule has 0 aliphatic rings. The summed E-state index contributed by atoms with van der Waals surface area (Å²) >= 11 is 0. The highest BCUT2D eigenvalue weighted by Gasteiger charge is 2.21. The molecule has 0 fully saturated rings. The van der Waals surface area contributed by atoms with E-state index < -0.39 is 0 Å². The van der Waals surface area contributed by atoms with E-state index in [9.17, 15) is 0 Å². The summed E-state index contributed by atoms with van der Waals surface area (Å²) in [6.45, 7) is 12.8. The second-order valence-corrected chi connectivity index (χ2v) is 15.6. The molecule has 0 saturated carbocycles. The summed E-state index contributed by atoms with van der Waals surface area (Å²) in [7, 11) is 1.72. The molecule has 1 heterocycles. The van der Waals surface area contributed by atoms with Crippen molar-refractivity contribution in [1.82, 2.24) is 4.98 Å². The Bertz CT molecular complexity index is 2800. The van der Waals surface area contributed by atoms with E-state index in [0.717, 1.165) is 61.8 Å². The number of aryl methyl sites for hydroxylation is 5. The third kappa shape index (κ3) is 8.37. The third-order valence-corrected chi connectivity index (χ3v) is 11.2. The molecule has 0 aliphatic carbocycles. The SMILES string of the molecule is COc1ccc(N(c2ccc(C=C(c3ccc(C)cc3)c3ccc(C)cc3)c(-c3cccc(C)n3)c2)c2ccc(/C=C(/C)c3ccc(C)cc3)c3ccccc23)c(C)c1. The molecule has 1 aromatic heterocycles. The molecule has 3 heteroatoms. The van der Waals surface area contributed by atoms with Crippen LogP contribution >= 0.6 is 0 Å². The summed E-state index contributed by atoms with van der Waals surface area (Å²) in [4.78, 5) is 7.51. The average molecular weight is 767 g/mol. The molecule has 0 unspecified atom stereocenters. The molecule has 0 atom stereocenters. The van der Waals surface area contributed by atoms with Gasteiger partial charge in [0, 0.05) is 28.0 Å². The fourth-order valence-electron chi connectivity index (χ4n) is 7.85. The second-order valence-electron chi connectivity index (χ2n) is 15.6. The maximum atomic E-state index is 5.69. The van der Waals surface area contributed by atoms with Gasteiger partial charge in [-0.2, -0.15) is 0 Å². The van der Waals surface area contributed by atoms with Crippen molar-refractivity contribution in [3.05, 3.63) is 220 Å². The zero-order valence-electron chi connectivity index (χ0n) is 35.0. The summed E-state index contributed by atoms with van der Waals surface area (Å²) in [6.07, 6.45) is 4.64. The van der Waals surface area contributed by atoms with Crippen LogP contribution < -0.4 is 9.64 Å². The van der Waals surface area contributed by atoms with Crippen LogP contribution in [0.1, 0.15) is 62.7 Å². The van der Waals surface area contributed by atoms with Gasteiger partial charge in [0.2, 0.25) is 0 Å². The largest absolute Gasteiger partial charge is 0.497 e. The highest BCUT2D eigenvalue weighted by Crippen LogP contribution is 2.44. The van der Waals surface area contributed by atoms with E-state index in [1.54, 1.807) is 7.11 Å². The lowest BCUT2D eigenvalue weighted by atomic mass is 9.92. The molecular weight excluding hydrogens is 717 g/mol. The van der Waals surface area contributed by atoms with Crippen LogP contribution in [0.5, 0.6) is 5.75 Å². The molecular formula is C56H50N2O. The summed E-state index contributed by atoms with van der Waals surface area (Å²) in [6, 6.07) is 59.1. The van der Waals surface area contributed by atoms with Crippen molar-refractivity contribution in [2.75, 3.05) is 12.0 Å². The Morgan fingerprint density at radius 1 is 0.525 bits per heavy atom. The number of hydrogen-bond donors (Lipinski definition) is 0. The van der Waals surface area contributed by atoms with Crippen LogP contribution in [0.25, 0.3) is 45.3 Å². The van der Waals surface area contributed by atoms with Crippen molar-refractivity contribution in [3.8, 4) is 17.0 Å². The number of pyridine rings is 1. The number of allylic oxidation sites excluding steroid dienone is 1. The van der Waals surface area contributed by atoms with E-state index in [-0.39, 0.29) is 0 Å². The topological polar surface area (TPSA) is 25.4 Å². The maximum absolute atomic E-state index is 5.69. The molecule has 0 saturated heterocycles. The average Bonchev–Trinajstić information content (AvgIpc) is 3.25. The Morgan fingerprint density at radius 2 is 1.12 bits per heavy atom. The Labute approximate surface area is 349 Å². The predicted octanol–water partition coefficient (Wildman–Crippen LogP) is 15.1. The van der Waals surface area contributed by atoms with Gasteiger partial charge in [-0.25, -0.2) is 0 Å². The van der Waals surface area contributed by atoms with Gasteiger partial charge < -0.3 is 9.64 Å². The van der Waals surface area contributed by atoms with Gasteiger partial charge in [-0.05, 0) is 146 Å². The lowest BCUT2D eigenvalue weighted by Crippen LogP contribution is -2.12. The Kier molecular flexibility index (Phi) is 11.1.